The maximum Gasteiger partial charge on any atom is 0.282 e. The number of aliphatic hydroxyl groups is 1. The first-order chi connectivity index (χ1) is 9.30. The first kappa shape index (κ1) is 16.2. The lowest BCUT2D eigenvalue weighted by atomic mass is 10.0. The summed E-state index contributed by atoms with van der Waals surface area (Å²) in [6.07, 6.45) is 2.00. The third kappa shape index (κ3) is 3.51. The van der Waals surface area contributed by atoms with Gasteiger partial charge in [-0.25, -0.2) is 0 Å². The summed E-state index contributed by atoms with van der Waals surface area (Å²) in [7, 11) is 0.416. The Bertz CT molecular complexity index is 427. The average molecular weight is 305 g/mol. The van der Waals surface area contributed by atoms with Crippen LogP contribution in [0.5, 0.6) is 0 Å². The Morgan fingerprint density at radius 3 is 2.60 bits per heavy atom. The van der Waals surface area contributed by atoms with Crippen molar-refractivity contribution in [2.75, 3.05) is 40.3 Å². The molecule has 2 heterocycles. The van der Waals surface area contributed by atoms with E-state index in [-0.39, 0.29) is 12.6 Å². The number of likely N-dealkylation sites (N-methyl/N-ethyl adjacent to an activating group) is 1. The Morgan fingerprint density at radius 1 is 1.30 bits per heavy atom. The molecule has 0 aliphatic carbocycles. The van der Waals surface area contributed by atoms with Gasteiger partial charge in [-0.1, -0.05) is 6.92 Å². The first-order valence-electron chi connectivity index (χ1n) is 7.40. The lowest BCUT2D eigenvalue weighted by Crippen LogP contribution is -2.51. The molecule has 2 rings (SSSR count). The van der Waals surface area contributed by atoms with E-state index in [2.05, 4.69) is 6.92 Å². The van der Waals surface area contributed by atoms with Gasteiger partial charge in [-0.3, -0.25) is 0 Å². The van der Waals surface area contributed by atoms with Gasteiger partial charge in [0.2, 0.25) is 0 Å². The van der Waals surface area contributed by atoms with Gasteiger partial charge in [0, 0.05) is 32.2 Å². The van der Waals surface area contributed by atoms with E-state index >= 15 is 0 Å². The standard InChI is InChI=1S/C13H27N3O3S/c1-11-5-4-6-15(8-11)20(18,19)16-10-13(17)7-12(16)9-14(2)3/h11-13,17H,4-10H2,1-3H3. The van der Waals surface area contributed by atoms with E-state index in [4.69, 9.17) is 0 Å². The smallest absolute Gasteiger partial charge is 0.282 e. The largest absolute Gasteiger partial charge is 0.392 e. The molecule has 20 heavy (non-hydrogen) atoms. The van der Waals surface area contributed by atoms with Crippen LogP contribution in [0, 0.1) is 5.92 Å². The Labute approximate surface area is 122 Å². The summed E-state index contributed by atoms with van der Waals surface area (Å²) in [6.45, 7) is 4.18. The Hall–Kier alpha value is -0.210. The molecule has 1 N–H and O–H groups in total. The maximum absolute atomic E-state index is 12.8. The topological polar surface area (TPSA) is 64.1 Å². The Morgan fingerprint density at radius 2 is 2.00 bits per heavy atom. The van der Waals surface area contributed by atoms with Crippen LogP contribution < -0.4 is 0 Å². The van der Waals surface area contributed by atoms with E-state index in [1.807, 2.05) is 19.0 Å². The molecular weight excluding hydrogens is 278 g/mol. The van der Waals surface area contributed by atoms with E-state index < -0.39 is 16.3 Å². The van der Waals surface area contributed by atoms with Crippen LogP contribution in [0.3, 0.4) is 0 Å². The molecule has 0 spiro atoms. The van der Waals surface area contributed by atoms with Gasteiger partial charge in [0.1, 0.15) is 0 Å². The van der Waals surface area contributed by atoms with Crippen LogP contribution in [0.15, 0.2) is 0 Å². The second-order valence-corrected chi connectivity index (χ2v) is 8.37. The molecule has 2 aliphatic heterocycles. The molecule has 7 heteroatoms. The summed E-state index contributed by atoms with van der Waals surface area (Å²) in [5.74, 6) is 0.415. The lowest BCUT2D eigenvalue weighted by molar-refractivity contribution is 0.186. The predicted molar refractivity (Wildman–Crippen MR) is 78.6 cm³/mol. The third-order valence-corrected chi connectivity index (χ3v) is 6.18. The number of β-amino-alcohol motifs (C(OH)–C–C–N with tert-alkyl or cyclic N) is 1. The van der Waals surface area contributed by atoms with Gasteiger partial charge in [-0.05, 0) is 39.3 Å². The number of nitrogens with zero attached hydrogens (tertiary/aromatic N) is 3. The van der Waals surface area contributed by atoms with Crippen molar-refractivity contribution in [1.29, 1.82) is 0 Å². The number of piperidine rings is 1. The molecule has 3 unspecified atom stereocenters. The van der Waals surface area contributed by atoms with Gasteiger partial charge in [0.25, 0.3) is 10.2 Å². The van der Waals surface area contributed by atoms with Crippen molar-refractivity contribution in [3.8, 4) is 0 Å². The number of aliphatic hydroxyl groups excluding tert-OH is 1. The zero-order valence-electron chi connectivity index (χ0n) is 12.7. The highest BCUT2D eigenvalue weighted by molar-refractivity contribution is 7.86. The highest BCUT2D eigenvalue weighted by Crippen LogP contribution is 2.27. The van der Waals surface area contributed by atoms with Gasteiger partial charge in [-0.2, -0.15) is 17.0 Å². The quantitative estimate of drug-likeness (QED) is 0.791. The minimum Gasteiger partial charge on any atom is -0.392 e. The molecule has 3 atom stereocenters. The molecule has 0 aromatic rings. The minimum atomic E-state index is -3.44. The van der Waals surface area contributed by atoms with Crippen LogP contribution in [0.25, 0.3) is 0 Å². The summed E-state index contributed by atoms with van der Waals surface area (Å²) < 4.78 is 28.7. The van der Waals surface area contributed by atoms with Crippen LogP contribution in [-0.2, 0) is 10.2 Å². The van der Waals surface area contributed by atoms with E-state index in [0.29, 0.717) is 32.0 Å². The second kappa shape index (κ2) is 6.27. The van der Waals surface area contributed by atoms with Crippen molar-refractivity contribution >= 4 is 10.2 Å². The highest BCUT2D eigenvalue weighted by atomic mass is 32.2. The number of hydrogen-bond donors (Lipinski definition) is 1. The predicted octanol–water partition coefficient (Wildman–Crippen LogP) is -0.0401. The Balaban J connectivity index is 2.14. The summed E-state index contributed by atoms with van der Waals surface area (Å²) in [4.78, 5) is 1.98. The fraction of sp³-hybridized carbons (Fsp3) is 1.00. The molecule has 118 valence electrons. The molecule has 0 aromatic heterocycles. The molecule has 0 saturated carbocycles. The first-order valence-corrected chi connectivity index (χ1v) is 8.80. The third-order valence-electron chi connectivity index (χ3n) is 4.16. The molecule has 0 aromatic carbocycles. The van der Waals surface area contributed by atoms with Crippen molar-refractivity contribution in [3.63, 3.8) is 0 Å². The van der Waals surface area contributed by atoms with Crippen molar-refractivity contribution in [1.82, 2.24) is 13.5 Å². The average Bonchev–Trinajstić information content (AvgIpc) is 2.70. The van der Waals surface area contributed by atoms with Crippen LogP contribution >= 0.6 is 0 Å². The van der Waals surface area contributed by atoms with Crippen molar-refractivity contribution in [3.05, 3.63) is 0 Å². The molecular formula is C13H27N3O3S. The van der Waals surface area contributed by atoms with Crippen molar-refractivity contribution in [2.24, 2.45) is 5.92 Å². The van der Waals surface area contributed by atoms with Crippen LogP contribution in [0.1, 0.15) is 26.2 Å². The highest BCUT2D eigenvalue weighted by Gasteiger charge is 2.42. The maximum atomic E-state index is 12.8. The SMILES string of the molecule is CC1CCCN(S(=O)(=O)N2CC(O)CC2CN(C)C)C1. The van der Waals surface area contributed by atoms with Crippen LogP contribution in [0.4, 0.5) is 0 Å². The summed E-state index contributed by atoms with van der Waals surface area (Å²) in [5.41, 5.74) is 0. The number of hydrogen-bond acceptors (Lipinski definition) is 4. The Kier molecular flexibility index (Phi) is 5.07. The summed E-state index contributed by atoms with van der Waals surface area (Å²) >= 11 is 0. The minimum absolute atomic E-state index is 0.123. The van der Waals surface area contributed by atoms with Gasteiger partial charge in [-0.15, -0.1) is 0 Å². The normalized spacial score (nSPS) is 34.0. The van der Waals surface area contributed by atoms with E-state index in [9.17, 15) is 13.5 Å². The van der Waals surface area contributed by atoms with E-state index in [1.165, 1.54) is 4.31 Å². The summed E-state index contributed by atoms with van der Waals surface area (Å²) in [6, 6.07) is -0.123. The van der Waals surface area contributed by atoms with Crippen molar-refractivity contribution < 1.29 is 13.5 Å². The van der Waals surface area contributed by atoms with Gasteiger partial charge >= 0.3 is 0 Å². The number of rotatable bonds is 4. The second-order valence-electron chi connectivity index (χ2n) is 6.49. The van der Waals surface area contributed by atoms with E-state index in [1.54, 1.807) is 4.31 Å². The summed E-state index contributed by atoms with van der Waals surface area (Å²) in [5, 5.41) is 9.85. The molecule has 2 fully saturated rings. The molecule has 2 aliphatic rings. The van der Waals surface area contributed by atoms with Crippen LogP contribution in [-0.4, -0.2) is 79.5 Å². The fourth-order valence-corrected chi connectivity index (χ4v) is 5.23. The van der Waals surface area contributed by atoms with Gasteiger partial charge in [0.15, 0.2) is 0 Å². The monoisotopic (exact) mass is 305 g/mol. The molecule has 0 bridgehead atoms. The zero-order valence-corrected chi connectivity index (χ0v) is 13.5. The van der Waals surface area contributed by atoms with Crippen LogP contribution in [0.2, 0.25) is 0 Å². The molecule has 0 radical (unpaired) electrons. The van der Waals surface area contributed by atoms with Gasteiger partial charge in [0.05, 0.1) is 6.10 Å². The van der Waals surface area contributed by atoms with E-state index in [0.717, 1.165) is 12.8 Å². The molecule has 6 nitrogen and oxygen atoms in total. The zero-order chi connectivity index (χ0) is 14.9. The molecule has 0 amide bonds. The van der Waals surface area contributed by atoms with Gasteiger partial charge < -0.3 is 10.0 Å². The fourth-order valence-electron chi connectivity index (χ4n) is 3.24. The van der Waals surface area contributed by atoms with Crippen molar-refractivity contribution in [2.45, 2.75) is 38.3 Å². The molecule has 2 saturated heterocycles. The lowest BCUT2D eigenvalue weighted by Gasteiger charge is -2.35.